The Kier molecular flexibility index (Phi) is 7.20. The zero-order valence-corrected chi connectivity index (χ0v) is 21.8. The first kappa shape index (κ1) is 25.3. The normalized spacial score (nSPS) is 18.8. The van der Waals surface area contributed by atoms with Crippen molar-refractivity contribution in [3.05, 3.63) is 63.9 Å². The van der Waals surface area contributed by atoms with Crippen molar-refractivity contribution in [1.29, 1.82) is 0 Å². The third-order valence-electron chi connectivity index (χ3n) is 7.74. The van der Waals surface area contributed by atoms with E-state index >= 15 is 0 Å². The van der Waals surface area contributed by atoms with Gasteiger partial charge in [0.25, 0.3) is 5.91 Å². The number of carbonyl (C=O) groups excluding carboxylic acids is 3. The van der Waals surface area contributed by atoms with Gasteiger partial charge in [0.05, 0.1) is 11.0 Å². The van der Waals surface area contributed by atoms with Gasteiger partial charge in [-0.05, 0) is 80.0 Å². The van der Waals surface area contributed by atoms with Crippen molar-refractivity contribution in [3.63, 3.8) is 0 Å². The first-order valence-electron chi connectivity index (χ1n) is 12.9. The topological polar surface area (TPSA) is 112 Å². The Hall–Kier alpha value is -3.39. The van der Waals surface area contributed by atoms with Gasteiger partial charge < -0.3 is 20.5 Å². The molecule has 2 fully saturated rings. The van der Waals surface area contributed by atoms with Gasteiger partial charge in [-0.25, -0.2) is 4.98 Å². The summed E-state index contributed by atoms with van der Waals surface area (Å²) in [5, 5.41) is 0.618. The Balaban J connectivity index is 1.57. The summed E-state index contributed by atoms with van der Waals surface area (Å²) in [5.41, 5.74) is 9.01. The number of H-pyrrole nitrogens is 1. The molecule has 2 aromatic carbocycles. The van der Waals surface area contributed by atoms with Crippen molar-refractivity contribution in [2.45, 2.75) is 44.9 Å². The molecule has 2 unspecified atom stereocenters. The summed E-state index contributed by atoms with van der Waals surface area (Å²) >= 11 is 6.23. The van der Waals surface area contributed by atoms with Crippen molar-refractivity contribution in [1.82, 2.24) is 19.8 Å². The van der Waals surface area contributed by atoms with E-state index in [1.165, 1.54) is 0 Å². The van der Waals surface area contributed by atoms with Crippen molar-refractivity contribution in [2.24, 2.45) is 11.7 Å². The summed E-state index contributed by atoms with van der Waals surface area (Å²) in [6.45, 7) is 4.43. The van der Waals surface area contributed by atoms with Crippen LogP contribution >= 0.6 is 11.6 Å². The molecule has 2 saturated heterocycles. The molecule has 2 aliphatic heterocycles. The Morgan fingerprint density at radius 2 is 1.84 bits per heavy atom. The molecule has 0 spiro atoms. The minimum atomic E-state index is -0.531. The number of nitrogens with two attached hydrogens (primary N) is 1. The van der Waals surface area contributed by atoms with Crippen LogP contribution in [0.15, 0.2) is 36.4 Å². The van der Waals surface area contributed by atoms with Gasteiger partial charge in [-0.2, -0.15) is 0 Å². The molecule has 8 nitrogen and oxygen atoms in total. The van der Waals surface area contributed by atoms with Gasteiger partial charge in [0.1, 0.15) is 5.82 Å². The standard InChI is InChI=1S/C28H32ClN5O3/c1-17(35)34-12-4-5-19(16-34)23(27-31-24-9-7-21(29)15-25(24)32-27)14-20-13-18(26(30)36)6-8-22(20)28(37)33-10-2-3-11-33/h6-9,13,15,19,23H,2-5,10-12,14,16H2,1H3,(H2,30,36)(H,31,32). The van der Waals surface area contributed by atoms with Crippen LogP contribution in [0.4, 0.5) is 0 Å². The fraction of sp³-hybridized carbons (Fsp3) is 0.429. The lowest BCUT2D eigenvalue weighted by molar-refractivity contribution is -0.130. The molecule has 0 saturated carbocycles. The summed E-state index contributed by atoms with van der Waals surface area (Å²) in [7, 11) is 0. The summed E-state index contributed by atoms with van der Waals surface area (Å²) < 4.78 is 0. The zero-order valence-electron chi connectivity index (χ0n) is 21.0. The smallest absolute Gasteiger partial charge is 0.254 e. The van der Waals surface area contributed by atoms with Gasteiger partial charge in [0, 0.05) is 55.2 Å². The first-order chi connectivity index (χ1) is 17.8. The van der Waals surface area contributed by atoms with Crippen LogP contribution in [0.25, 0.3) is 11.0 Å². The molecule has 1 aromatic heterocycles. The lowest BCUT2D eigenvalue weighted by Crippen LogP contribution is -2.41. The number of fused-ring (bicyclic) bond motifs is 1. The number of nitrogens with one attached hydrogen (secondary N) is 1. The summed E-state index contributed by atoms with van der Waals surface area (Å²) in [6, 6.07) is 10.7. The molecule has 3 aromatic rings. The summed E-state index contributed by atoms with van der Waals surface area (Å²) in [4.78, 5) is 49.9. The van der Waals surface area contributed by atoms with E-state index in [-0.39, 0.29) is 23.7 Å². The van der Waals surface area contributed by atoms with E-state index < -0.39 is 5.91 Å². The van der Waals surface area contributed by atoms with Gasteiger partial charge in [0.15, 0.2) is 0 Å². The number of piperidine rings is 1. The highest BCUT2D eigenvalue weighted by atomic mass is 35.5. The minimum Gasteiger partial charge on any atom is -0.366 e. The van der Waals surface area contributed by atoms with Gasteiger partial charge in [-0.3, -0.25) is 14.4 Å². The maximum Gasteiger partial charge on any atom is 0.254 e. The number of primary amides is 1. The largest absolute Gasteiger partial charge is 0.366 e. The van der Waals surface area contributed by atoms with Crippen molar-refractivity contribution in [2.75, 3.05) is 26.2 Å². The molecule has 3 heterocycles. The van der Waals surface area contributed by atoms with E-state index in [1.807, 2.05) is 28.0 Å². The molecular weight excluding hydrogens is 490 g/mol. The molecule has 0 bridgehead atoms. The van der Waals surface area contributed by atoms with E-state index in [4.69, 9.17) is 22.3 Å². The number of carbonyl (C=O) groups is 3. The molecule has 9 heteroatoms. The van der Waals surface area contributed by atoms with Gasteiger partial charge in [0.2, 0.25) is 11.8 Å². The molecule has 37 heavy (non-hydrogen) atoms. The highest BCUT2D eigenvalue weighted by Gasteiger charge is 2.33. The molecule has 2 aliphatic rings. The van der Waals surface area contributed by atoms with Gasteiger partial charge in [-0.1, -0.05) is 11.6 Å². The molecule has 0 radical (unpaired) electrons. The first-order valence-corrected chi connectivity index (χ1v) is 13.3. The number of hydrogen-bond acceptors (Lipinski definition) is 4. The number of likely N-dealkylation sites (tertiary alicyclic amines) is 2. The number of rotatable bonds is 6. The van der Waals surface area contributed by atoms with Crippen LogP contribution in [-0.2, 0) is 11.2 Å². The van der Waals surface area contributed by atoms with E-state index in [0.717, 1.165) is 67.7 Å². The van der Waals surface area contributed by atoms with Crippen LogP contribution in [0.1, 0.15) is 70.6 Å². The average molecular weight is 522 g/mol. The van der Waals surface area contributed by atoms with Gasteiger partial charge in [-0.15, -0.1) is 0 Å². The lowest BCUT2D eigenvalue weighted by Gasteiger charge is -2.36. The highest BCUT2D eigenvalue weighted by Crippen LogP contribution is 2.36. The number of aromatic amines is 1. The summed E-state index contributed by atoms with van der Waals surface area (Å²) in [6.07, 6.45) is 4.30. The third-order valence-corrected chi connectivity index (χ3v) is 7.97. The van der Waals surface area contributed by atoms with Crippen molar-refractivity contribution >= 4 is 40.4 Å². The van der Waals surface area contributed by atoms with E-state index in [9.17, 15) is 14.4 Å². The van der Waals surface area contributed by atoms with E-state index in [1.54, 1.807) is 25.1 Å². The fourth-order valence-corrected chi connectivity index (χ4v) is 5.91. The van der Waals surface area contributed by atoms with Crippen LogP contribution in [0.5, 0.6) is 0 Å². The van der Waals surface area contributed by atoms with Crippen molar-refractivity contribution < 1.29 is 14.4 Å². The monoisotopic (exact) mass is 521 g/mol. The van der Waals surface area contributed by atoms with E-state index in [2.05, 4.69) is 4.98 Å². The number of hydrogen-bond donors (Lipinski definition) is 2. The van der Waals surface area contributed by atoms with E-state index in [0.29, 0.717) is 29.1 Å². The third kappa shape index (κ3) is 5.34. The number of halogens is 1. The lowest BCUT2D eigenvalue weighted by atomic mass is 9.80. The number of aromatic nitrogens is 2. The molecular formula is C28H32ClN5O3. The molecule has 5 rings (SSSR count). The van der Waals surface area contributed by atoms with Crippen molar-refractivity contribution in [3.8, 4) is 0 Å². The van der Waals surface area contributed by atoms with Crippen LogP contribution in [0.3, 0.4) is 0 Å². The highest BCUT2D eigenvalue weighted by molar-refractivity contribution is 6.31. The second-order valence-corrected chi connectivity index (χ2v) is 10.6. The number of benzene rings is 2. The SMILES string of the molecule is CC(=O)N1CCCC(C(Cc2cc(C(N)=O)ccc2C(=O)N2CCCC2)c2nc3ccc(Cl)cc3[nH]2)C1. The Morgan fingerprint density at radius 1 is 1.08 bits per heavy atom. The maximum atomic E-state index is 13.5. The predicted molar refractivity (Wildman–Crippen MR) is 143 cm³/mol. The summed E-state index contributed by atoms with van der Waals surface area (Å²) in [5.74, 6) is 0.309. The number of imidazole rings is 1. The number of amides is 3. The van der Waals surface area contributed by atoms with Crippen LogP contribution in [0.2, 0.25) is 5.02 Å². The number of nitrogens with zero attached hydrogens (tertiary/aromatic N) is 3. The quantitative estimate of drug-likeness (QED) is 0.507. The van der Waals surface area contributed by atoms with Crippen LogP contribution < -0.4 is 5.73 Å². The molecule has 3 amide bonds. The van der Waals surface area contributed by atoms with Crippen LogP contribution in [-0.4, -0.2) is 63.7 Å². The Bertz CT molecular complexity index is 1350. The Labute approximate surface area is 221 Å². The zero-order chi connectivity index (χ0) is 26.1. The molecule has 2 atom stereocenters. The van der Waals surface area contributed by atoms with Crippen LogP contribution in [0, 0.1) is 5.92 Å². The fourth-order valence-electron chi connectivity index (χ4n) is 5.74. The predicted octanol–water partition coefficient (Wildman–Crippen LogP) is 4.14. The maximum absolute atomic E-state index is 13.5. The molecule has 3 N–H and O–H groups in total. The Morgan fingerprint density at radius 3 is 2.57 bits per heavy atom. The minimum absolute atomic E-state index is 0.0207. The van der Waals surface area contributed by atoms with Gasteiger partial charge >= 0.3 is 0 Å². The average Bonchev–Trinajstić information content (AvgIpc) is 3.57. The second kappa shape index (κ2) is 10.5. The molecule has 0 aliphatic carbocycles. The second-order valence-electron chi connectivity index (χ2n) is 10.2. The molecule has 194 valence electrons.